The zero-order valence-electron chi connectivity index (χ0n) is 14.0. The first-order chi connectivity index (χ1) is 12.5. The lowest BCUT2D eigenvalue weighted by Crippen LogP contribution is -2.34. The number of aromatic hydroxyl groups is 1. The molecule has 2 aromatic rings. The van der Waals surface area contributed by atoms with Crippen LogP contribution in [0.2, 0.25) is 0 Å². The number of hydrogen-bond donors (Lipinski definition) is 3. The average molecular weight is 359 g/mol. The Morgan fingerprint density at radius 1 is 1.27 bits per heavy atom. The third kappa shape index (κ3) is 5.59. The van der Waals surface area contributed by atoms with Gasteiger partial charge in [-0.05, 0) is 48.9 Å². The van der Waals surface area contributed by atoms with Gasteiger partial charge in [0.15, 0.2) is 11.5 Å². The molecule has 0 unspecified atom stereocenters. The summed E-state index contributed by atoms with van der Waals surface area (Å²) in [6.45, 7) is 1.88. The number of nitrogens with zero attached hydrogens (tertiary/aromatic N) is 1. The summed E-state index contributed by atoms with van der Waals surface area (Å²) in [5, 5.41) is 15.7. The van der Waals surface area contributed by atoms with Gasteiger partial charge in [-0.3, -0.25) is 9.59 Å². The molecule has 0 aromatic heterocycles. The molecule has 2 aromatic carbocycles. The van der Waals surface area contributed by atoms with Crippen LogP contribution in [0.25, 0.3) is 0 Å². The molecule has 0 saturated carbocycles. The van der Waals surface area contributed by atoms with E-state index >= 15 is 0 Å². The van der Waals surface area contributed by atoms with E-state index in [1.54, 1.807) is 19.1 Å². The van der Waals surface area contributed by atoms with Gasteiger partial charge >= 0.3 is 0 Å². The smallest absolute Gasteiger partial charge is 0.259 e. The fourth-order valence-electron chi connectivity index (χ4n) is 1.99. The molecule has 7 nitrogen and oxygen atoms in total. The van der Waals surface area contributed by atoms with Gasteiger partial charge in [-0.25, -0.2) is 9.82 Å². The van der Waals surface area contributed by atoms with Crippen LogP contribution in [0.3, 0.4) is 0 Å². The van der Waals surface area contributed by atoms with Crippen LogP contribution in [0, 0.1) is 5.82 Å². The van der Waals surface area contributed by atoms with E-state index in [1.807, 2.05) is 0 Å². The van der Waals surface area contributed by atoms with E-state index in [0.29, 0.717) is 17.9 Å². The highest BCUT2D eigenvalue weighted by Crippen LogP contribution is 2.26. The molecule has 0 spiro atoms. The normalized spacial score (nSPS) is 10.5. The summed E-state index contributed by atoms with van der Waals surface area (Å²) >= 11 is 0. The lowest BCUT2D eigenvalue weighted by Gasteiger charge is -2.06. The molecule has 8 heteroatoms. The third-order valence-corrected chi connectivity index (χ3v) is 3.18. The first-order valence-electron chi connectivity index (χ1n) is 7.81. The fraction of sp³-hybridized carbons (Fsp3) is 0.167. The van der Waals surface area contributed by atoms with Gasteiger partial charge in [-0.1, -0.05) is 6.07 Å². The second-order valence-electron chi connectivity index (χ2n) is 5.15. The molecular formula is C18H18FN3O4. The molecule has 0 saturated heterocycles. The third-order valence-electron chi connectivity index (χ3n) is 3.18. The highest BCUT2D eigenvalue weighted by Gasteiger charge is 2.08. The number of halogens is 1. The van der Waals surface area contributed by atoms with Gasteiger partial charge in [-0.2, -0.15) is 5.10 Å². The Kier molecular flexibility index (Phi) is 6.67. The summed E-state index contributed by atoms with van der Waals surface area (Å²) in [7, 11) is 0. The Morgan fingerprint density at radius 2 is 2.08 bits per heavy atom. The summed E-state index contributed by atoms with van der Waals surface area (Å²) in [6.07, 6.45) is 1.37. The summed E-state index contributed by atoms with van der Waals surface area (Å²) in [4.78, 5) is 23.5. The van der Waals surface area contributed by atoms with Crippen molar-refractivity contribution in [2.45, 2.75) is 6.92 Å². The monoisotopic (exact) mass is 359 g/mol. The first kappa shape index (κ1) is 18.9. The predicted octanol–water partition coefficient (Wildman–Crippen LogP) is 1.81. The number of benzene rings is 2. The van der Waals surface area contributed by atoms with Crippen molar-refractivity contribution in [1.29, 1.82) is 0 Å². The average Bonchev–Trinajstić information content (AvgIpc) is 2.62. The van der Waals surface area contributed by atoms with Crippen molar-refractivity contribution >= 4 is 18.0 Å². The van der Waals surface area contributed by atoms with Crippen LogP contribution in [0.1, 0.15) is 22.8 Å². The molecule has 2 amide bonds. The minimum Gasteiger partial charge on any atom is -0.504 e. The number of hydrazone groups is 1. The maximum Gasteiger partial charge on any atom is 0.259 e. The van der Waals surface area contributed by atoms with Crippen LogP contribution in [-0.2, 0) is 4.79 Å². The Labute approximate surface area is 149 Å². The zero-order valence-corrected chi connectivity index (χ0v) is 14.0. The van der Waals surface area contributed by atoms with Crippen molar-refractivity contribution in [3.8, 4) is 11.5 Å². The van der Waals surface area contributed by atoms with E-state index in [4.69, 9.17) is 4.74 Å². The Bertz CT molecular complexity index is 824. The summed E-state index contributed by atoms with van der Waals surface area (Å²) in [5.74, 6) is -1.33. The lowest BCUT2D eigenvalue weighted by atomic mass is 10.2. The maximum atomic E-state index is 13.1. The van der Waals surface area contributed by atoms with Crippen LogP contribution in [0.5, 0.6) is 11.5 Å². The van der Waals surface area contributed by atoms with Crippen molar-refractivity contribution in [3.63, 3.8) is 0 Å². The van der Waals surface area contributed by atoms with Crippen molar-refractivity contribution in [1.82, 2.24) is 10.7 Å². The quantitative estimate of drug-likeness (QED) is 0.518. The van der Waals surface area contributed by atoms with Crippen LogP contribution in [-0.4, -0.2) is 36.3 Å². The van der Waals surface area contributed by atoms with E-state index < -0.39 is 17.6 Å². The Morgan fingerprint density at radius 3 is 2.81 bits per heavy atom. The largest absolute Gasteiger partial charge is 0.504 e. The van der Waals surface area contributed by atoms with Crippen LogP contribution < -0.4 is 15.5 Å². The minimum absolute atomic E-state index is 0.00750. The van der Waals surface area contributed by atoms with Crippen LogP contribution in [0.4, 0.5) is 4.39 Å². The summed E-state index contributed by atoms with van der Waals surface area (Å²) in [5.41, 5.74) is 2.98. The van der Waals surface area contributed by atoms with Gasteiger partial charge in [0.2, 0.25) is 0 Å². The molecule has 0 fully saturated rings. The highest BCUT2D eigenvalue weighted by atomic mass is 19.1. The Hall–Kier alpha value is -3.42. The molecule has 0 heterocycles. The molecule has 0 atom stereocenters. The van der Waals surface area contributed by atoms with Crippen molar-refractivity contribution in [2.24, 2.45) is 5.10 Å². The SMILES string of the molecule is CCOc1cc(/C=N\NC(=O)CNC(=O)c2cccc(F)c2)ccc1O. The molecule has 26 heavy (non-hydrogen) atoms. The first-order valence-corrected chi connectivity index (χ1v) is 7.81. The zero-order chi connectivity index (χ0) is 18.9. The molecule has 0 aliphatic heterocycles. The standard InChI is InChI=1S/C18H18FN3O4/c1-2-26-16-8-12(6-7-15(16)23)10-21-22-17(24)11-20-18(25)13-4-3-5-14(19)9-13/h3-10,23H,2,11H2,1H3,(H,20,25)(H,22,24)/b21-10-. The second kappa shape index (κ2) is 9.16. The van der Waals surface area contributed by atoms with E-state index in [2.05, 4.69) is 15.8 Å². The van der Waals surface area contributed by atoms with E-state index in [9.17, 15) is 19.1 Å². The van der Waals surface area contributed by atoms with Gasteiger partial charge in [-0.15, -0.1) is 0 Å². The van der Waals surface area contributed by atoms with Crippen molar-refractivity contribution < 1.29 is 23.8 Å². The lowest BCUT2D eigenvalue weighted by molar-refractivity contribution is -0.120. The molecule has 0 aliphatic rings. The maximum absolute atomic E-state index is 13.1. The number of carbonyl (C=O) groups excluding carboxylic acids is 2. The number of rotatable bonds is 7. The minimum atomic E-state index is -0.566. The van der Waals surface area contributed by atoms with Crippen LogP contribution in [0.15, 0.2) is 47.6 Å². The molecular weight excluding hydrogens is 341 g/mol. The van der Waals surface area contributed by atoms with E-state index in [1.165, 1.54) is 30.5 Å². The summed E-state index contributed by atoms with van der Waals surface area (Å²) < 4.78 is 18.3. The van der Waals surface area contributed by atoms with Crippen molar-refractivity contribution in [2.75, 3.05) is 13.2 Å². The topological polar surface area (TPSA) is 100 Å². The van der Waals surface area contributed by atoms with Gasteiger partial charge in [0, 0.05) is 5.56 Å². The Balaban J connectivity index is 1.84. The van der Waals surface area contributed by atoms with E-state index in [0.717, 1.165) is 6.07 Å². The van der Waals surface area contributed by atoms with Gasteiger partial charge < -0.3 is 15.2 Å². The number of hydrogen-bond acceptors (Lipinski definition) is 5. The molecule has 0 aliphatic carbocycles. The second-order valence-corrected chi connectivity index (χ2v) is 5.15. The van der Waals surface area contributed by atoms with E-state index in [-0.39, 0.29) is 17.9 Å². The molecule has 136 valence electrons. The van der Waals surface area contributed by atoms with Crippen LogP contribution >= 0.6 is 0 Å². The number of nitrogens with one attached hydrogen (secondary N) is 2. The summed E-state index contributed by atoms with van der Waals surface area (Å²) in [6, 6.07) is 9.76. The van der Waals surface area contributed by atoms with Gasteiger partial charge in [0.25, 0.3) is 11.8 Å². The number of phenolic OH excluding ortho intramolecular Hbond substituents is 1. The molecule has 2 rings (SSSR count). The van der Waals surface area contributed by atoms with Gasteiger partial charge in [0.1, 0.15) is 5.82 Å². The predicted molar refractivity (Wildman–Crippen MR) is 93.7 cm³/mol. The molecule has 3 N–H and O–H groups in total. The number of ether oxygens (including phenoxy) is 1. The molecule has 0 radical (unpaired) electrons. The fourth-order valence-corrected chi connectivity index (χ4v) is 1.99. The molecule has 0 bridgehead atoms. The number of phenols is 1. The number of carbonyl (C=O) groups is 2. The number of amides is 2. The van der Waals surface area contributed by atoms with Crippen molar-refractivity contribution in [3.05, 3.63) is 59.4 Å². The highest BCUT2D eigenvalue weighted by molar-refractivity contribution is 5.96. The van der Waals surface area contributed by atoms with Gasteiger partial charge in [0.05, 0.1) is 19.4 Å².